The summed E-state index contributed by atoms with van der Waals surface area (Å²) in [6, 6.07) is 32.0. The van der Waals surface area contributed by atoms with Crippen molar-refractivity contribution in [1.29, 1.82) is 0 Å². The molecular formula is C40H35FN4O6S. The summed E-state index contributed by atoms with van der Waals surface area (Å²) in [6.07, 6.45) is 1.04. The lowest BCUT2D eigenvalue weighted by Crippen LogP contribution is -2.36. The van der Waals surface area contributed by atoms with E-state index in [1.165, 1.54) is 24.4 Å². The number of aliphatic hydroxyl groups excluding tert-OH is 1. The van der Waals surface area contributed by atoms with Crippen LogP contribution in [0.4, 0.5) is 10.2 Å². The zero-order chi connectivity index (χ0) is 35.7. The Bertz CT molecular complexity index is 2250. The van der Waals surface area contributed by atoms with Gasteiger partial charge in [-0.2, -0.15) is 8.42 Å². The Balaban J connectivity index is 1.24. The number of pyridine rings is 2. The fourth-order valence-electron chi connectivity index (χ4n) is 6.76. The number of aliphatic hydroxyl groups is 1. The molecule has 2 aromatic heterocycles. The van der Waals surface area contributed by atoms with Crippen LogP contribution in [-0.2, 0) is 27.9 Å². The number of ether oxygens (including phenoxy) is 2. The van der Waals surface area contributed by atoms with E-state index in [4.69, 9.17) is 13.7 Å². The van der Waals surface area contributed by atoms with Crippen molar-refractivity contribution < 1.29 is 31.6 Å². The number of morpholine rings is 1. The third kappa shape index (κ3) is 6.69. The average Bonchev–Trinajstić information content (AvgIpc) is 3.51. The van der Waals surface area contributed by atoms with Crippen molar-refractivity contribution in [1.82, 2.24) is 14.9 Å². The maximum atomic E-state index is 14.0. The molecule has 264 valence electrons. The molecule has 10 nitrogen and oxygen atoms in total. The largest absolute Gasteiger partial charge is 0.478 e. The van der Waals surface area contributed by atoms with Crippen LogP contribution in [0.25, 0.3) is 10.9 Å². The van der Waals surface area contributed by atoms with E-state index in [1.54, 1.807) is 41.4 Å². The molecule has 4 aromatic carbocycles. The van der Waals surface area contributed by atoms with Crippen molar-refractivity contribution in [3.05, 3.63) is 155 Å². The molecule has 2 aliphatic heterocycles. The molecule has 0 bridgehead atoms. The van der Waals surface area contributed by atoms with Crippen molar-refractivity contribution in [2.45, 2.75) is 30.3 Å². The number of rotatable bonds is 10. The molecule has 1 saturated heterocycles. The first-order chi connectivity index (χ1) is 25.4. The molecule has 1 N–H and O–H groups in total. The summed E-state index contributed by atoms with van der Waals surface area (Å²) in [6.45, 7) is 2.79. The molecule has 0 saturated carbocycles. The van der Waals surface area contributed by atoms with E-state index in [0.29, 0.717) is 59.9 Å². The summed E-state index contributed by atoms with van der Waals surface area (Å²) >= 11 is 0. The molecule has 0 amide bonds. The first kappa shape index (κ1) is 33.7. The molecule has 1 fully saturated rings. The third-order valence-corrected chi connectivity index (χ3v) is 10.6. The number of aromatic nitrogens is 2. The number of anilines is 1. The summed E-state index contributed by atoms with van der Waals surface area (Å²) in [4.78, 5) is 12.8. The molecule has 1 unspecified atom stereocenters. The van der Waals surface area contributed by atoms with Gasteiger partial charge in [0.1, 0.15) is 34.4 Å². The Morgan fingerprint density at radius 1 is 0.846 bits per heavy atom. The lowest BCUT2D eigenvalue weighted by Gasteiger charge is -2.27. The van der Waals surface area contributed by atoms with Crippen LogP contribution in [0.1, 0.15) is 40.1 Å². The molecule has 52 heavy (non-hydrogen) atoms. The predicted octanol–water partition coefficient (Wildman–Crippen LogP) is 6.55. The summed E-state index contributed by atoms with van der Waals surface area (Å²) < 4.78 is 60.2. The van der Waals surface area contributed by atoms with Crippen molar-refractivity contribution in [2.24, 2.45) is 0 Å². The van der Waals surface area contributed by atoms with E-state index in [9.17, 15) is 17.9 Å². The van der Waals surface area contributed by atoms with Gasteiger partial charge in [-0.1, -0.05) is 72.8 Å². The highest BCUT2D eigenvalue weighted by atomic mass is 32.2. The molecule has 4 heterocycles. The van der Waals surface area contributed by atoms with Crippen molar-refractivity contribution >= 4 is 26.8 Å². The number of halogens is 1. The van der Waals surface area contributed by atoms with Gasteiger partial charge in [-0.05, 0) is 53.1 Å². The minimum Gasteiger partial charge on any atom is -0.478 e. The van der Waals surface area contributed by atoms with Crippen LogP contribution < -0.4 is 13.8 Å². The highest BCUT2D eigenvalue weighted by Crippen LogP contribution is 2.50. The second-order valence-electron chi connectivity index (χ2n) is 12.7. The number of hydrogen-bond acceptors (Lipinski definition) is 10. The minimum atomic E-state index is -4.41. The molecule has 2 aliphatic rings. The van der Waals surface area contributed by atoms with Crippen LogP contribution in [0.15, 0.2) is 126 Å². The van der Waals surface area contributed by atoms with Gasteiger partial charge in [0, 0.05) is 48.9 Å². The predicted molar refractivity (Wildman–Crippen MR) is 193 cm³/mol. The number of benzene rings is 4. The van der Waals surface area contributed by atoms with Crippen LogP contribution in [0.3, 0.4) is 0 Å². The minimum absolute atomic E-state index is 0.0411. The van der Waals surface area contributed by atoms with Crippen LogP contribution in [0.5, 0.6) is 11.5 Å². The SMILES string of the molecule is O=S(=O)(Oc1c2c(c(OC(c3ccccc3)c3ccccc3)c3ncccc13)C(O)N(Cc1ccc(F)cc1)C2)c1ccc(N2CCOCC2)nc1. The van der Waals surface area contributed by atoms with Gasteiger partial charge < -0.3 is 23.7 Å². The Morgan fingerprint density at radius 2 is 1.54 bits per heavy atom. The highest BCUT2D eigenvalue weighted by molar-refractivity contribution is 7.87. The van der Waals surface area contributed by atoms with E-state index in [-0.39, 0.29) is 29.6 Å². The lowest BCUT2D eigenvalue weighted by molar-refractivity contribution is 0.00573. The van der Waals surface area contributed by atoms with Crippen LogP contribution in [-0.4, -0.2) is 54.7 Å². The second kappa shape index (κ2) is 14.3. The smallest absolute Gasteiger partial charge is 0.340 e. The number of nitrogens with zero attached hydrogens (tertiary/aromatic N) is 4. The molecular weight excluding hydrogens is 684 g/mol. The van der Waals surface area contributed by atoms with E-state index < -0.39 is 22.4 Å². The average molecular weight is 719 g/mol. The molecule has 0 radical (unpaired) electrons. The van der Waals surface area contributed by atoms with Gasteiger partial charge in [0.2, 0.25) is 0 Å². The van der Waals surface area contributed by atoms with Gasteiger partial charge >= 0.3 is 10.1 Å². The van der Waals surface area contributed by atoms with Gasteiger partial charge in [0.25, 0.3) is 0 Å². The molecule has 1 atom stereocenters. The van der Waals surface area contributed by atoms with Crippen LogP contribution >= 0.6 is 0 Å². The Kier molecular flexibility index (Phi) is 9.29. The quantitative estimate of drug-likeness (QED) is 0.157. The van der Waals surface area contributed by atoms with Crippen LogP contribution in [0.2, 0.25) is 0 Å². The van der Waals surface area contributed by atoms with Gasteiger partial charge in [-0.25, -0.2) is 9.37 Å². The standard InChI is InChI=1S/C40H35FN4O6S/c41-30-15-13-27(14-16-30)25-45-26-33-35(40(45)46)39(50-37(28-8-3-1-4-9-28)29-10-5-2-6-11-29)36-32(12-7-19-42-36)38(33)51-52(47,48)31-17-18-34(43-24-31)44-20-22-49-23-21-44/h1-19,24,37,40,46H,20-23,25-26H2. The van der Waals surface area contributed by atoms with Gasteiger partial charge in [0.05, 0.1) is 19.4 Å². The monoisotopic (exact) mass is 718 g/mol. The molecule has 8 rings (SSSR count). The molecule has 12 heteroatoms. The van der Waals surface area contributed by atoms with E-state index in [0.717, 1.165) is 16.7 Å². The zero-order valence-corrected chi connectivity index (χ0v) is 28.8. The normalized spacial score (nSPS) is 16.3. The van der Waals surface area contributed by atoms with Gasteiger partial charge in [-0.15, -0.1) is 0 Å². The van der Waals surface area contributed by atoms with Crippen LogP contribution in [0, 0.1) is 5.82 Å². The van der Waals surface area contributed by atoms with E-state index >= 15 is 0 Å². The Hall–Kier alpha value is -5.40. The third-order valence-electron chi connectivity index (χ3n) is 9.35. The maximum Gasteiger partial charge on any atom is 0.340 e. The Morgan fingerprint density at radius 3 is 2.19 bits per heavy atom. The van der Waals surface area contributed by atoms with Gasteiger partial charge in [-0.3, -0.25) is 9.88 Å². The van der Waals surface area contributed by atoms with Crippen molar-refractivity contribution in [3.63, 3.8) is 0 Å². The molecule has 0 spiro atoms. The first-order valence-electron chi connectivity index (χ1n) is 17.0. The fraction of sp³-hybridized carbons (Fsp3) is 0.200. The summed E-state index contributed by atoms with van der Waals surface area (Å²) in [7, 11) is -4.41. The lowest BCUT2D eigenvalue weighted by atomic mass is 9.99. The number of fused-ring (bicyclic) bond motifs is 2. The summed E-state index contributed by atoms with van der Waals surface area (Å²) in [5.41, 5.74) is 3.61. The zero-order valence-electron chi connectivity index (χ0n) is 28.0. The topological polar surface area (TPSA) is 114 Å². The van der Waals surface area contributed by atoms with Crippen molar-refractivity contribution in [2.75, 3.05) is 31.2 Å². The first-order valence-corrected chi connectivity index (χ1v) is 18.4. The summed E-state index contributed by atoms with van der Waals surface area (Å²) in [5.74, 6) is 0.617. The highest BCUT2D eigenvalue weighted by Gasteiger charge is 2.39. The van der Waals surface area contributed by atoms with Crippen molar-refractivity contribution in [3.8, 4) is 11.5 Å². The fourth-order valence-corrected chi connectivity index (χ4v) is 7.68. The van der Waals surface area contributed by atoms with E-state index in [2.05, 4.69) is 9.97 Å². The van der Waals surface area contributed by atoms with Gasteiger partial charge in [0.15, 0.2) is 11.5 Å². The van der Waals surface area contributed by atoms with E-state index in [1.807, 2.05) is 65.6 Å². The maximum absolute atomic E-state index is 14.0. The molecule has 6 aromatic rings. The number of hydrogen-bond donors (Lipinski definition) is 1. The second-order valence-corrected chi connectivity index (χ2v) is 14.2. The molecule has 0 aliphatic carbocycles. The Labute approximate surface area is 300 Å². The summed E-state index contributed by atoms with van der Waals surface area (Å²) in [5, 5.41) is 12.5.